The van der Waals surface area contributed by atoms with Crippen molar-refractivity contribution in [2.24, 2.45) is 0 Å². The van der Waals surface area contributed by atoms with Crippen LogP contribution in [0.4, 0.5) is 0 Å². The number of thioether (sulfide) groups is 1. The fourth-order valence-electron chi connectivity index (χ4n) is 2.63. The molecule has 0 aliphatic carbocycles. The number of aromatic nitrogens is 4. The predicted molar refractivity (Wildman–Crippen MR) is 113 cm³/mol. The first-order valence-electron chi connectivity index (χ1n) is 8.90. The van der Waals surface area contributed by atoms with Crippen LogP contribution in [0.1, 0.15) is 5.76 Å². The first-order chi connectivity index (χ1) is 14.6. The third-order valence-corrected chi connectivity index (χ3v) is 5.29. The molecule has 0 aliphatic heterocycles. The second-order valence-corrected chi connectivity index (χ2v) is 7.61. The number of carbonyl (C=O) groups is 1. The van der Waals surface area contributed by atoms with E-state index in [0.717, 1.165) is 5.56 Å². The first kappa shape index (κ1) is 20.0. The standard InChI is InChI=1S/C20H16ClN5O3S/c21-14-3-1-13(2-4-14)18-10-9-17(29-18)11-22-19(28)12-30-20-23-24-25-26(20)15-5-7-16(27)8-6-15/h1-10,27H,11-12H2,(H,22,28). The predicted octanol–water partition coefficient (Wildman–Crippen LogP) is 3.69. The summed E-state index contributed by atoms with van der Waals surface area (Å²) in [6.07, 6.45) is 0. The molecule has 30 heavy (non-hydrogen) atoms. The van der Waals surface area contributed by atoms with Gasteiger partial charge in [-0.1, -0.05) is 23.4 Å². The lowest BCUT2D eigenvalue weighted by atomic mass is 10.2. The van der Waals surface area contributed by atoms with Crippen LogP contribution >= 0.6 is 23.4 Å². The summed E-state index contributed by atoms with van der Waals surface area (Å²) in [6, 6.07) is 17.5. The second kappa shape index (κ2) is 9.02. The fraction of sp³-hybridized carbons (Fsp3) is 0.100. The summed E-state index contributed by atoms with van der Waals surface area (Å²) in [5.74, 6) is 1.47. The number of aromatic hydroxyl groups is 1. The molecule has 0 spiro atoms. The molecule has 0 aliphatic rings. The number of amides is 1. The quantitative estimate of drug-likeness (QED) is 0.421. The van der Waals surface area contributed by atoms with Gasteiger partial charge in [-0.2, -0.15) is 4.68 Å². The molecule has 2 heterocycles. The lowest BCUT2D eigenvalue weighted by Crippen LogP contribution is -2.24. The Morgan fingerprint density at radius 1 is 1.10 bits per heavy atom. The Hall–Kier alpha value is -3.30. The van der Waals surface area contributed by atoms with Crippen molar-refractivity contribution in [1.82, 2.24) is 25.5 Å². The number of phenolic OH excluding ortho intramolecular Hbond substituents is 1. The van der Waals surface area contributed by atoms with Crippen LogP contribution in [0.2, 0.25) is 5.02 Å². The molecule has 0 fully saturated rings. The molecule has 2 aromatic heterocycles. The molecule has 0 radical (unpaired) electrons. The van der Waals surface area contributed by atoms with E-state index in [9.17, 15) is 9.90 Å². The molecule has 2 N–H and O–H groups in total. The minimum absolute atomic E-state index is 0.142. The summed E-state index contributed by atoms with van der Waals surface area (Å²) in [7, 11) is 0. The van der Waals surface area contributed by atoms with Gasteiger partial charge in [0.15, 0.2) is 0 Å². The molecule has 0 saturated heterocycles. The van der Waals surface area contributed by atoms with E-state index in [4.69, 9.17) is 16.0 Å². The zero-order valence-corrected chi connectivity index (χ0v) is 17.1. The Bertz CT molecular complexity index is 1140. The average Bonchev–Trinajstić information content (AvgIpc) is 3.41. The van der Waals surface area contributed by atoms with Gasteiger partial charge in [0.05, 0.1) is 18.0 Å². The number of nitrogens with zero attached hydrogens (tertiary/aromatic N) is 4. The third-order valence-electron chi connectivity index (χ3n) is 4.12. The van der Waals surface area contributed by atoms with E-state index in [1.807, 2.05) is 24.3 Å². The van der Waals surface area contributed by atoms with Gasteiger partial charge in [0.1, 0.15) is 17.3 Å². The largest absolute Gasteiger partial charge is 0.508 e. The molecule has 0 bridgehead atoms. The molecule has 0 saturated carbocycles. The number of carbonyl (C=O) groups excluding carboxylic acids is 1. The van der Waals surface area contributed by atoms with Crippen LogP contribution in [0.5, 0.6) is 5.75 Å². The highest BCUT2D eigenvalue weighted by atomic mass is 35.5. The van der Waals surface area contributed by atoms with Gasteiger partial charge < -0.3 is 14.8 Å². The van der Waals surface area contributed by atoms with Crippen molar-refractivity contribution in [1.29, 1.82) is 0 Å². The van der Waals surface area contributed by atoms with Crippen molar-refractivity contribution in [2.45, 2.75) is 11.7 Å². The Morgan fingerprint density at radius 2 is 1.87 bits per heavy atom. The van der Waals surface area contributed by atoms with Crippen LogP contribution in [0, 0.1) is 0 Å². The molecule has 8 nitrogen and oxygen atoms in total. The number of tetrazole rings is 1. The molecule has 152 valence electrons. The number of benzene rings is 2. The van der Waals surface area contributed by atoms with Gasteiger partial charge in [-0.15, -0.1) is 5.10 Å². The van der Waals surface area contributed by atoms with Crippen molar-refractivity contribution in [3.8, 4) is 22.8 Å². The van der Waals surface area contributed by atoms with Crippen molar-refractivity contribution in [3.05, 3.63) is 71.4 Å². The topological polar surface area (TPSA) is 106 Å². The lowest BCUT2D eigenvalue weighted by molar-refractivity contribution is -0.118. The monoisotopic (exact) mass is 441 g/mol. The number of halogens is 1. The number of hydrogen-bond acceptors (Lipinski definition) is 7. The minimum Gasteiger partial charge on any atom is -0.508 e. The summed E-state index contributed by atoms with van der Waals surface area (Å²) >= 11 is 7.11. The Labute approximate surface area is 180 Å². The first-order valence-corrected chi connectivity index (χ1v) is 10.3. The van der Waals surface area contributed by atoms with Gasteiger partial charge in [0.2, 0.25) is 11.1 Å². The SMILES string of the molecule is O=C(CSc1nnnn1-c1ccc(O)cc1)NCc1ccc(-c2ccc(Cl)cc2)o1. The van der Waals surface area contributed by atoms with Crippen LogP contribution in [0.3, 0.4) is 0 Å². The van der Waals surface area contributed by atoms with Crippen LogP contribution in [-0.2, 0) is 11.3 Å². The van der Waals surface area contributed by atoms with Gasteiger partial charge in [0.25, 0.3) is 0 Å². The van der Waals surface area contributed by atoms with E-state index < -0.39 is 0 Å². The van der Waals surface area contributed by atoms with Crippen LogP contribution in [0.25, 0.3) is 17.0 Å². The Kier molecular flexibility index (Phi) is 6.01. The average molecular weight is 442 g/mol. The minimum atomic E-state index is -0.176. The Balaban J connectivity index is 1.31. The normalized spacial score (nSPS) is 10.8. The number of furan rings is 1. The zero-order chi connectivity index (χ0) is 20.9. The number of hydrogen-bond donors (Lipinski definition) is 2. The maximum absolute atomic E-state index is 12.2. The molecule has 4 aromatic rings. The molecule has 0 unspecified atom stereocenters. The molecular formula is C20H16ClN5O3S. The Morgan fingerprint density at radius 3 is 2.63 bits per heavy atom. The van der Waals surface area contributed by atoms with Gasteiger partial charge in [-0.3, -0.25) is 4.79 Å². The van der Waals surface area contributed by atoms with E-state index in [2.05, 4.69) is 20.8 Å². The maximum Gasteiger partial charge on any atom is 0.230 e. The molecule has 4 rings (SSSR count). The summed E-state index contributed by atoms with van der Waals surface area (Å²) in [5.41, 5.74) is 1.60. The van der Waals surface area contributed by atoms with E-state index in [0.29, 0.717) is 27.4 Å². The van der Waals surface area contributed by atoms with Gasteiger partial charge in [-0.05, 0) is 71.1 Å². The molecule has 2 aromatic carbocycles. The van der Waals surface area contributed by atoms with Crippen LogP contribution < -0.4 is 5.32 Å². The number of rotatable bonds is 7. The number of phenols is 1. The van der Waals surface area contributed by atoms with Gasteiger partial charge in [-0.25, -0.2) is 0 Å². The second-order valence-electron chi connectivity index (χ2n) is 6.23. The fourth-order valence-corrected chi connectivity index (χ4v) is 3.48. The van der Waals surface area contributed by atoms with Gasteiger partial charge in [0, 0.05) is 10.6 Å². The maximum atomic E-state index is 12.2. The van der Waals surface area contributed by atoms with Gasteiger partial charge >= 0.3 is 0 Å². The van der Waals surface area contributed by atoms with Crippen molar-refractivity contribution >= 4 is 29.3 Å². The smallest absolute Gasteiger partial charge is 0.230 e. The highest BCUT2D eigenvalue weighted by molar-refractivity contribution is 7.99. The van der Waals surface area contributed by atoms with Crippen molar-refractivity contribution < 1.29 is 14.3 Å². The molecule has 10 heteroatoms. The highest BCUT2D eigenvalue weighted by Gasteiger charge is 2.12. The summed E-state index contributed by atoms with van der Waals surface area (Å²) in [4.78, 5) is 12.2. The van der Waals surface area contributed by atoms with Crippen molar-refractivity contribution in [2.75, 3.05) is 5.75 Å². The molecule has 0 atom stereocenters. The van der Waals surface area contributed by atoms with E-state index in [1.54, 1.807) is 36.4 Å². The zero-order valence-electron chi connectivity index (χ0n) is 15.5. The molecular weight excluding hydrogens is 426 g/mol. The molecule has 1 amide bonds. The summed E-state index contributed by atoms with van der Waals surface area (Å²) in [5, 5.41) is 24.9. The van der Waals surface area contributed by atoms with Crippen LogP contribution in [-0.4, -0.2) is 37.0 Å². The van der Waals surface area contributed by atoms with E-state index in [1.165, 1.54) is 16.4 Å². The highest BCUT2D eigenvalue weighted by Crippen LogP contribution is 2.24. The van der Waals surface area contributed by atoms with E-state index in [-0.39, 0.29) is 24.0 Å². The summed E-state index contributed by atoms with van der Waals surface area (Å²) < 4.78 is 7.28. The summed E-state index contributed by atoms with van der Waals surface area (Å²) in [6.45, 7) is 0.274. The van der Waals surface area contributed by atoms with Crippen LogP contribution in [0.15, 0.2) is 70.2 Å². The number of nitrogens with one attached hydrogen (secondary N) is 1. The van der Waals surface area contributed by atoms with Crippen molar-refractivity contribution in [3.63, 3.8) is 0 Å². The van der Waals surface area contributed by atoms with E-state index >= 15 is 0 Å². The third kappa shape index (κ3) is 4.81. The lowest BCUT2D eigenvalue weighted by Gasteiger charge is -2.05.